The number of amides is 1. The number of benzene rings is 2. The van der Waals surface area contributed by atoms with Crippen molar-refractivity contribution in [3.05, 3.63) is 52.9 Å². The maximum atomic E-state index is 14.9. The molecule has 4 rings (SSSR count). The van der Waals surface area contributed by atoms with E-state index in [-0.39, 0.29) is 35.5 Å². The summed E-state index contributed by atoms with van der Waals surface area (Å²) in [6, 6.07) is 5.18. The predicted octanol–water partition coefficient (Wildman–Crippen LogP) is 8.57. The highest BCUT2D eigenvalue weighted by atomic mass is 19.1. The molecular formula is C34H45F2N3O4. The number of halogens is 2. The van der Waals surface area contributed by atoms with E-state index in [9.17, 15) is 18.4 Å². The molecule has 0 aliphatic carbocycles. The first-order valence-corrected chi connectivity index (χ1v) is 15.8. The van der Waals surface area contributed by atoms with Crippen LogP contribution in [-0.4, -0.2) is 47.0 Å². The van der Waals surface area contributed by atoms with E-state index in [2.05, 4.69) is 11.9 Å². The van der Waals surface area contributed by atoms with Gasteiger partial charge >= 0.3 is 0 Å². The summed E-state index contributed by atoms with van der Waals surface area (Å²) in [5.41, 5.74) is 1.33. The Morgan fingerprint density at radius 1 is 0.977 bits per heavy atom. The number of unbranched alkanes of at least 4 members (excludes halogenated alkanes) is 10. The second kappa shape index (κ2) is 15.3. The molecule has 0 saturated carbocycles. The quantitative estimate of drug-likeness (QED) is 0.164. The fourth-order valence-corrected chi connectivity index (χ4v) is 5.79. The number of fused-ring (bicyclic) bond motifs is 2. The zero-order valence-corrected chi connectivity index (χ0v) is 26.0. The van der Waals surface area contributed by atoms with Crippen molar-refractivity contribution in [1.29, 1.82) is 0 Å². The highest BCUT2D eigenvalue weighted by Gasteiger charge is 2.30. The monoisotopic (exact) mass is 597 g/mol. The minimum Gasteiger partial charge on any atom is -0.493 e. The minimum absolute atomic E-state index is 0.0887. The van der Waals surface area contributed by atoms with Gasteiger partial charge in [0.25, 0.3) is 5.91 Å². The smallest absolute Gasteiger partial charge is 0.253 e. The Kier molecular flexibility index (Phi) is 11.5. The molecule has 0 fully saturated rings. The molecule has 7 nitrogen and oxygen atoms in total. The first-order valence-electron chi connectivity index (χ1n) is 15.8. The molecule has 0 N–H and O–H groups in total. The van der Waals surface area contributed by atoms with Gasteiger partial charge in [-0.15, -0.1) is 0 Å². The van der Waals surface area contributed by atoms with E-state index in [4.69, 9.17) is 9.47 Å². The van der Waals surface area contributed by atoms with Crippen LogP contribution in [0.5, 0.6) is 11.5 Å². The fraction of sp³-hybridized carbons (Fsp3) is 0.559. The molecule has 9 heteroatoms. The average Bonchev–Trinajstić information content (AvgIpc) is 3.31. The van der Waals surface area contributed by atoms with Gasteiger partial charge < -0.3 is 14.4 Å². The molecular weight excluding hydrogens is 552 g/mol. The maximum Gasteiger partial charge on any atom is 0.253 e. The highest BCUT2D eigenvalue weighted by Crippen LogP contribution is 2.40. The third kappa shape index (κ3) is 8.12. The maximum absolute atomic E-state index is 14.9. The summed E-state index contributed by atoms with van der Waals surface area (Å²) >= 11 is 0. The van der Waals surface area contributed by atoms with Crippen LogP contribution in [-0.2, 0) is 0 Å². The molecule has 1 aliphatic rings. The number of carbonyl (C=O) groups excluding carboxylic acids is 2. The summed E-state index contributed by atoms with van der Waals surface area (Å²) in [6.45, 7) is 4.20. The third-order valence-electron chi connectivity index (χ3n) is 8.07. The number of rotatable bonds is 15. The highest BCUT2D eigenvalue weighted by molar-refractivity contribution is 6.01. The number of aryl methyl sites for hydroxylation is 1. The van der Waals surface area contributed by atoms with Crippen LogP contribution in [0.15, 0.2) is 24.3 Å². The van der Waals surface area contributed by atoms with Crippen molar-refractivity contribution >= 4 is 22.8 Å². The Balaban J connectivity index is 1.49. The van der Waals surface area contributed by atoms with Gasteiger partial charge in [-0.3, -0.25) is 14.2 Å². The normalized spacial score (nSPS) is 14.4. The van der Waals surface area contributed by atoms with Crippen molar-refractivity contribution in [2.24, 2.45) is 0 Å². The van der Waals surface area contributed by atoms with Crippen molar-refractivity contribution in [1.82, 2.24) is 14.5 Å². The zero-order chi connectivity index (χ0) is 30.9. The van der Waals surface area contributed by atoms with Crippen molar-refractivity contribution in [3.8, 4) is 11.5 Å². The molecule has 234 valence electrons. The van der Waals surface area contributed by atoms with Crippen LogP contribution in [0.2, 0.25) is 0 Å². The summed E-state index contributed by atoms with van der Waals surface area (Å²) in [5, 5.41) is 0. The first kappa shape index (κ1) is 32.4. The molecule has 1 amide bonds. The molecule has 0 spiro atoms. The molecule has 3 aromatic rings. The van der Waals surface area contributed by atoms with Gasteiger partial charge in [-0.1, -0.05) is 71.1 Å². The van der Waals surface area contributed by atoms with Crippen LogP contribution in [0, 0.1) is 18.6 Å². The Morgan fingerprint density at radius 3 is 2.28 bits per heavy atom. The Labute approximate surface area is 253 Å². The lowest BCUT2D eigenvalue weighted by atomic mass is 10.0. The topological polar surface area (TPSA) is 73.7 Å². The summed E-state index contributed by atoms with van der Waals surface area (Å²) in [6.07, 6.45) is 13.1. The van der Waals surface area contributed by atoms with Gasteiger partial charge in [0.05, 0.1) is 17.7 Å². The lowest BCUT2D eigenvalue weighted by Gasteiger charge is -2.27. The fourth-order valence-electron chi connectivity index (χ4n) is 5.79. The molecule has 1 aromatic heterocycles. The minimum atomic E-state index is -0.783. The lowest BCUT2D eigenvalue weighted by molar-refractivity contribution is 0.0824. The van der Waals surface area contributed by atoms with Crippen LogP contribution in [0.3, 0.4) is 0 Å². The number of imidazole rings is 1. The van der Waals surface area contributed by atoms with E-state index in [1.807, 2.05) is 0 Å². The molecule has 2 aromatic carbocycles. The van der Waals surface area contributed by atoms with E-state index in [1.165, 1.54) is 56.3 Å². The number of hydrogen-bond donors (Lipinski definition) is 0. The van der Waals surface area contributed by atoms with Gasteiger partial charge in [0, 0.05) is 44.6 Å². The van der Waals surface area contributed by atoms with Gasteiger partial charge in [0.15, 0.2) is 0 Å². The van der Waals surface area contributed by atoms with Crippen molar-refractivity contribution in [3.63, 3.8) is 0 Å². The van der Waals surface area contributed by atoms with E-state index in [1.54, 1.807) is 37.7 Å². The van der Waals surface area contributed by atoms with Crippen LogP contribution < -0.4 is 9.47 Å². The van der Waals surface area contributed by atoms with Gasteiger partial charge in [-0.2, -0.15) is 0 Å². The number of ether oxygens (including phenoxy) is 2. The number of hydrogen-bond acceptors (Lipinski definition) is 5. The number of aromatic nitrogens is 2. The van der Waals surface area contributed by atoms with Gasteiger partial charge in [0.1, 0.15) is 40.6 Å². The summed E-state index contributed by atoms with van der Waals surface area (Å²) in [4.78, 5) is 32.6. The van der Waals surface area contributed by atoms with Gasteiger partial charge in [-0.05, 0) is 25.5 Å². The third-order valence-corrected chi connectivity index (χ3v) is 8.07. The summed E-state index contributed by atoms with van der Waals surface area (Å²) in [5.74, 6) is -1.01. The second-order valence-electron chi connectivity index (χ2n) is 11.8. The summed E-state index contributed by atoms with van der Waals surface area (Å²) < 4.78 is 42.0. The Bertz CT molecular complexity index is 1420. The molecule has 1 aliphatic heterocycles. The second-order valence-corrected chi connectivity index (χ2v) is 11.8. The van der Waals surface area contributed by atoms with Crippen LogP contribution in [0.1, 0.15) is 123 Å². The van der Waals surface area contributed by atoms with Gasteiger partial charge in [0.2, 0.25) is 5.91 Å². The van der Waals surface area contributed by atoms with Gasteiger partial charge in [-0.25, -0.2) is 13.8 Å². The van der Waals surface area contributed by atoms with E-state index < -0.39 is 17.7 Å². The average molecular weight is 598 g/mol. The molecule has 2 heterocycles. The van der Waals surface area contributed by atoms with Crippen molar-refractivity contribution < 1.29 is 27.8 Å². The lowest BCUT2D eigenvalue weighted by Crippen LogP contribution is -2.23. The van der Waals surface area contributed by atoms with E-state index in [0.29, 0.717) is 35.3 Å². The molecule has 0 unspecified atom stereocenters. The molecule has 0 saturated heterocycles. The molecule has 0 radical (unpaired) electrons. The first-order chi connectivity index (χ1) is 20.7. The van der Waals surface area contributed by atoms with E-state index in [0.717, 1.165) is 31.4 Å². The van der Waals surface area contributed by atoms with Crippen molar-refractivity contribution in [2.45, 2.75) is 103 Å². The SMILES string of the molecule is CCCCCCCCCCCCCC(=O)n1c(C)nc2c(O[C@H]3CCOc4cc(F)cc(F)c43)cc(C(=O)N(C)C)cc21. The largest absolute Gasteiger partial charge is 0.493 e. The number of carbonyl (C=O) groups is 2. The number of nitrogens with zero attached hydrogens (tertiary/aromatic N) is 3. The van der Waals surface area contributed by atoms with Crippen LogP contribution in [0.4, 0.5) is 8.78 Å². The standard InChI is InChI=1S/C34H45F2N3O4/c1-5-6-7-8-9-10-11-12-13-14-15-16-31(40)39-23(2)37-33-27(39)19-24(34(41)38(3)4)20-30(33)43-28-17-18-42-29-22-25(35)21-26(36)32(28)29/h19-22,28H,5-18H2,1-4H3/t28-/m0/s1. The van der Waals surface area contributed by atoms with Crippen molar-refractivity contribution in [2.75, 3.05) is 20.7 Å². The molecule has 1 atom stereocenters. The summed E-state index contributed by atoms with van der Waals surface area (Å²) in [7, 11) is 3.29. The predicted molar refractivity (Wildman–Crippen MR) is 164 cm³/mol. The zero-order valence-electron chi connectivity index (χ0n) is 26.0. The Hall–Kier alpha value is -3.49. The van der Waals surface area contributed by atoms with Crippen LogP contribution in [0.25, 0.3) is 11.0 Å². The molecule has 43 heavy (non-hydrogen) atoms. The van der Waals surface area contributed by atoms with Crippen LogP contribution >= 0.6 is 0 Å². The Morgan fingerprint density at radius 2 is 1.63 bits per heavy atom. The van der Waals surface area contributed by atoms with E-state index >= 15 is 0 Å². The molecule has 0 bridgehead atoms.